The molecule has 0 aliphatic carbocycles. The largest absolute Gasteiger partial charge is 0.345 e. The van der Waals surface area contributed by atoms with Gasteiger partial charge in [-0.1, -0.05) is 0 Å². The molecule has 0 saturated carbocycles. The van der Waals surface area contributed by atoms with E-state index in [1.807, 2.05) is 0 Å². The molecule has 6 heteroatoms. The van der Waals surface area contributed by atoms with Crippen molar-refractivity contribution in [3.05, 3.63) is 0 Å². The summed E-state index contributed by atoms with van der Waals surface area (Å²) in [5.74, 6) is 4.84. The molecule has 0 aromatic carbocycles. The number of hydrogen-bond acceptors (Lipinski definition) is 4. The lowest BCUT2D eigenvalue weighted by Crippen LogP contribution is -2.30. The van der Waals surface area contributed by atoms with E-state index >= 15 is 0 Å². The van der Waals surface area contributed by atoms with Crippen LogP contribution in [0.15, 0.2) is 0 Å². The van der Waals surface area contributed by atoms with Crippen LogP contribution in [0.3, 0.4) is 0 Å². The molecule has 0 atom stereocenters. The SMILES string of the molecule is C#CCC(CC#C)(P(C)(C)=O)P(=O)(OCC)OCC. The van der Waals surface area contributed by atoms with E-state index in [4.69, 9.17) is 21.9 Å². The van der Waals surface area contributed by atoms with Crippen molar-refractivity contribution in [2.45, 2.75) is 31.6 Å². The summed E-state index contributed by atoms with van der Waals surface area (Å²) >= 11 is 0. The highest BCUT2D eigenvalue weighted by Crippen LogP contribution is 2.76. The Morgan fingerprint density at radius 1 is 1.00 bits per heavy atom. The van der Waals surface area contributed by atoms with Gasteiger partial charge in [0.05, 0.1) is 13.2 Å². The summed E-state index contributed by atoms with van der Waals surface area (Å²) in [5, 5.41) is 0. The van der Waals surface area contributed by atoms with E-state index in [-0.39, 0.29) is 26.1 Å². The van der Waals surface area contributed by atoms with Gasteiger partial charge in [0.15, 0.2) is 0 Å². The summed E-state index contributed by atoms with van der Waals surface area (Å²) in [6.07, 6.45) is 10.7. The summed E-state index contributed by atoms with van der Waals surface area (Å²) in [7, 11) is -6.58. The van der Waals surface area contributed by atoms with Gasteiger partial charge in [0.1, 0.15) is 12.0 Å². The van der Waals surface area contributed by atoms with E-state index in [0.29, 0.717) is 0 Å². The Morgan fingerprint density at radius 3 is 1.58 bits per heavy atom. The Hall–Kier alpha value is -0.500. The zero-order valence-corrected chi connectivity index (χ0v) is 13.8. The molecule has 0 amide bonds. The van der Waals surface area contributed by atoms with Gasteiger partial charge in [-0.2, -0.15) is 0 Å². The quantitative estimate of drug-likeness (QED) is 0.507. The third kappa shape index (κ3) is 3.75. The highest BCUT2D eigenvalue weighted by molar-refractivity contribution is 7.78. The van der Waals surface area contributed by atoms with Crippen molar-refractivity contribution in [1.29, 1.82) is 0 Å². The maximum absolute atomic E-state index is 13.1. The fraction of sp³-hybridized carbons (Fsp3) is 0.692. The van der Waals surface area contributed by atoms with Crippen molar-refractivity contribution >= 4 is 14.7 Å². The summed E-state index contributed by atoms with van der Waals surface area (Å²) in [4.78, 5) is -1.31. The van der Waals surface area contributed by atoms with E-state index in [0.717, 1.165) is 0 Å². The molecule has 0 spiro atoms. The fourth-order valence-electron chi connectivity index (χ4n) is 1.88. The van der Waals surface area contributed by atoms with Crippen LogP contribution in [0.25, 0.3) is 0 Å². The van der Waals surface area contributed by atoms with Crippen molar-refractivity contribution in [1.82, 2.24) is 0 Å². The number of terminal acetylenes is 2. The molecule has 0 unspecified atom stereocenters. The monoisotopic (exact) mass is 304 g/mol. The fourth-order valence-corrected chi connectivity index (χ4v) is 7.33. The van der Waals surface area contributed by atoms with Crippen LogP contribution in [-0.4, -0.2) is 31.4 Å². The highest BCUT2D eigenvalue weighted by atomic mass is 31.2. The van der Waals surface area contributed by atoms with Crippen LogP contribution in [0.2, 0.25) is 0 Å². The number of hydrogen-bond donors (Lipinski definition) is 0. The maximum Gasteiger partial charge on any atom is 0.345 e. The molecule has 4 nitrogen and oxygen atoms in total. The molecule has 19 heavy (non-hydrogen) atoms. The first kappa shape index (κ1) is 18.5. The van der Waals surface area contributed by atoms with Gasteiger partial charge in [0, 0.05) is 12.8 Å². The molecule has 108 valence electrons. The third-order valence-corrected chi connectivity index (χ3v) is 9.91. The van der Waals surface area contributed by atoms with Crippen LogP contribution in [0.4, 0.5) is 0 Å². The minimum atomic E-state index is -3.66. The van der Waals surface area contributed by atoms with Gasteiger partial charge in [-0.3, -0.25) is 4.57 Å². The molecule has 0 radical (unpaired) electrons. The molecule has 0 aromatic heterocycles. The van der Waals surface area contributed by atoms with Crippen LogP contribution < -0.4 is 0 Å². The average Bonchev–Trinajstić information content (AvgIpc) is 2.27. The van der Waals surface area contributed by atoms with Gasteiger partial charge in [-0.05, 0) is 27.2 Å². The Morgan fingerprint density at radius 2 is 1.37 bits per heavy atom. The number of rotatable bonds is 8. The standard InChI is InChI=1S/C13H22O4P2/c1-7-11-13(12-8-2,18(5,6)14)19(15,16-9-3)17-10-4/h1-2H,9-12H2,3-6H3. The topological polar surface area (TPSA) is 52.6 Å². The van der Waals surface area contributed by atoms with Crippen LogP contribution >= 0.6 is 14.7 Å². The lowest BCUT2D eigenvalue weighted by Gasteiger charge is -2.39. The summed E-state index contributed by atoms with van der Waals surface area (Å²) in [6.45, 7) is 6.78. The average molecular weight is 304 g/mol. The summed E-state index contributed by atoms with van der Waals surface area (Å²) in [6, 6.07) is 0. The minimum Gasteiger partial charge on any atom is -0.323 e. The normalized spacial score (nSPS) is 12.7. The van der Waals surface area contributed by atoms with Crippen LogP contribution in [0, 0.1) is 24.7 Å². The molecule has 0 N–H and O–H groups in total. The van der Waals surface area contributed by atoms with E-state index in [1.54, 1.807) is 13.8 Å². The van der Waals surface area contributed by atoms with Gasteiger partial charge >= 0.3 is 7.60 Å². The van der Waals surface area contributed by atoms with E-state index < -0.39 is 19.6 Å². The first-order valence-corrected chi connectivity index (χ1v) is 10.2. The maximum atomic E-state index is 13.1. The van der Waals surface area contributed by atoms with E-state index in [9.17, 15) is 9.13 Å². The van der Waals surface area contributed by atoms with Crippen molar-refractivity contribution in [3.63, 3.8) is 0 Å². The van der Waals surface area contributed by atoms with Crippen molar-refractivity contribution < 1.29 is 18.2 Å². The molecule has 0 fully saturated rings. The van der Waals surface area contributed by atoms with Gasteiger partial charge in [-0.15, -0.1) is 24.7 Å². The molecular weight excluding hydrogens is 282 g/mol. The van der Waals surface area contributed by atoms with Gasteiger partial charge in [0.25, 0.3) is 0 Å². The Bertz CT molecular complexity index is 438. The molecule has 0 aliphatic rings. The Labute approximate surface area is 116 Å². The minimum absolute atomic E-state index is 0.00123. The predicted octanol–water partition coefficient (Wildman–Crippen LogP) is 3.62. The lowest BCUT2D eigenvalue weighted by molar-refractivity contribution is 0.207. The molecule has 0 aromatic rings. The second-order valence-electron chi connectivity index (χ2n) is 4.43. The van der Waals surface area contributed by atoms with Gasteiger partial charge in [0.2, 0.25) is 0 Å². The first-order chi connectivity index (χ1) is 8.74. The first-order valence-electron chi connectivity index (χ1n) is 6.06. The summed E-state index contributed by atoms with van der Waals surface area (Å²) in [5.41, 5.74) is 0. The Balaban J connectivity index is 6.07. The third-order valence-electron chi connectivity index (χ3n) is 2.88. The molecular formula is C13H22O4P2. The molecule has 0 aliphatic heterocycles. The summed E-state index contributed by atoms with van der Waals surface area (Å²) < 4.78 is 36.4. The van der Waals surface area contributed by atoms with Crippen LogP contribution in [0.1, 0.15) is 26.7 Å². The highest BCUT2D eigenvalue weighted by Gasteiger charge is 2.57. The lowest BCUT2D eigenvalue weighted by atomic mass is 10.2. The smallest absolute Gasteiger partial charge is 0.323 e. The van der Waals surface area contributed by atoms with Crippen LogP contribution in [-0.2, 0) is 18.2 Å². The molecule has 0 bridgehead atoms. The zero-order valence-electron chi connectivity index (χ0n) is 12.0. The molecule has 0 rings (SSSR count). The van der Waals surface area contributed by atoms with Gasteiger partial charge in [-0.25, -0.2) is 0 Å². The second kappa shape index (κ2) is 7.33. The van der Waals surface area contributed by atoms with Crippen molar-refractivity contribution in [3.8, 4) is 24.7 Å². The van der Waals surface area contributed by atoms with E-state index in [2.05, 4.69) is 11.8 Å². The van der Waals surface area contributed by atoms with Crippen molar-refractivity contribution in [2.24, 2.45) is 0 Å². The van der Waals surface area contributed by atoms with Crippen LogP contribution in [0.5, 0.6) is 0 Å². The molecule has 0 heterocycles. The van der Waals surface area contributed by atoms with Crippen molar-refractivity contribution in [2.75, 3.05) is 26.5 Å². The zero-order chi connectivity index (χ0) is 15.2. The van der Waals surface area contributed by atoms with E-state index in [1.165, 1.54) is 13.3 Å². The Kier molecular flexibility index (Phi) is 7.13. The predicted molar refractivity (Wildman–Crippen MR) is 79.9 cm³/mol. The van der Waals surface area contributed by atoms with Gasteiger partial charge < -0.3 is 13.6 Å². The molecule has 0 saturated heterocycles. The second-order valence-corrected chi connectivity index (χ2v) is 10.7.